The number of hydrogen-bond donors (Lipinski definition) is 1. The Morgan fingerprint density at radius 1 is 1.36 bits per heavy atom. The molecule has 1 N–H and O–H groups in total. The van der Waals surface area contributed by atoms with Crippen molar-refractivity contribution in [1.82, 2.24) is 14.8 Å². The summed E-state index contributed by atoms with van der Waals surface area (Å²) in [5.74, 6) is 0.629. The van der Waals surface area contributed by atoms with Crippen LogP contribution >= 0.6 is 11.3 Å². The smallest absolute Gasteiger partial charge is 0.256 e. The average Bonchev–Trinajstić information content (AvgIpc) is 2.97. The van der Waals surface area contributed by atoms with E-state index in [1.165, 1.54) is 0 Å². The zero-order valence-corrected chi connectivity index (χ0v) is 13.9. The Bertz CT molecular complexity index is 863. The van der Waals surface area contributed by atoms with Gasteiger partial charge in [0, 0.05) is 18.2 Å². The fourth-order valence-corrected chi connectivity index (χ4v) is 3.45. The SMILES string of the molecule is CCc1c(C)nn(C)c1NC(=O)c1ccc2sc(C)nc2c1. The summed E-state index contributed by atoms with van der Waals surface area (Å²) in [7, 11) is 1.84. The van der Waals surface area contributed by atoms with E-state index in [1.54, 1.807) is 16.0 Å². The van der Waals surface area contributed by atoms with E-state index in [9.17, 15) is 4.79 Å². The van der Waals surface area contributed by atoms with E-state index in [0.717, 1.165) is 38.7 Å². The minimum Gasteiger partial charge on any atom is -0.307 e. The molecule has 3 aromatic rings. The number of nitrogens with one attached hydrogen (secondary N) is 1. The summed E-state index contributed by atoms with van der Waals surface area (Å²) in [6, 6.07) is 5.62. The van der Waals surface area contributed by atoms with E-state index in [0.29, 0.717) is 5.56 Å². The molecule has 0 saturated heterocycles. The molecule has 0 spiro atoms. The van der Waals surface area contributed by atoms with Crippen molar-refractivity contribution >= 4 is 33.3 Å². The van der Waals surface area contributed by atoms with Crippen molar-refractivity contribution in [3.05, 3.63) is 40.0 Å². The maximum absolute atomic E-state index is 12.5. The first-order valence-electron chi connectivity index (χ1n) is 7.20. The number of thiazole rings is 1. The topological polar surface area (TPSA) is 59.8 Å². The van der Waals surface area contributed by atoms with Crippen LogP contribution in [0, 0.1) is 13.8 Å². The fraction of sp³-hybridized carbons (Fsp3) is 0.312. The zero-order chi connectivity index (χ0) is 15.9. The minimum atomic E-state index is -0.134. The van der Waals surface area contributed by atoms with Crippen LogP contribution < -0.4 is 5.32 Å². The number of aromatic nitrogens is 3. The van der Waals surface area contributed by atoms with Gasteiger partial charge >= 0.3 is 0 Å². The number of nitrogens with zero attached hydrogens (tertiary/aromatic N) is 3. The Balaban J connectivity index is 1.93. The van der Waals surface area contributed by atoms with Gasteiger partial charge in [0.1, 0.15) is 5.82 Å². The van der Waals surface area contributed by atoms with E-state index in [1.807, 2.05) is 39.1 Å². The van der Waals surface area contributed by atoms with E-state index < -0.39 is 0 Å². The predicted molar refractivity (Wildman–Crippen MR) is 89.6 cm³/mol. The number of anilines is 1. The third-order valence-electron chi connectivity index (χ3n) is 3.69. The second-order valence-corrected chi connectivity index (χ2v) is 6.49. The number of benzene rings is 1. The van der Waals surface area contributed by atoms with Crippen LogP contribution in [-0.4, -0.2) is 20.7 Å². The van der Waals surface area contributed by atoms with Gasteiger partial charge in [0.25, 0.3) is 5.91 Å². The van der Waals surface area contributed by atoms with Crippen molar-refractivity contribution < 1.29 is 4.79 Å². The summed E-state index contributed by atoms with van der Waals surface area (Å²) in [5, 5.41) is 8.35. The number of fused-ring (bicyclic) bond motifs is 1. The molecule has 1 aromatic carbocycles. The molecule has 0 radical (unpaired) electrons. The maximum Gasteiger partial charge on any atom is 0.256 e. The number of carbonyl (C=O) groups is 1. The van der Waals surface area contributed by atoms with Gasteiger partial charge in [-0.1, -0.05) is 6.92 Å². The molecule has 2 aromatic heterocycles. The van der Waals surface area contributed by atoms with Gasteiger partial charge in [-0.25, -0.2) is 4.98 Å². The highest BCUT2D eigenvalue weighted by molar-refractivity contribution is 7.18. The monoisotopic (exact) mass is 314 g/mol. The number of hydrogen-bond acceptors (Lipinski definition) is 4. The van der Waals surface area contributed by atoms with Gasteiger partial charge in [-0.05, 0) is 38.5 Å². The Labute approximate surface area is 133 Å². The van der Waals surface area contributed by atoms with Crippen LogP contribution in [0.5, 0.6) is 0 Å². The van der Waals surface area contributed by atoms with Crippen molar-refractivity contribution in [3.8, 4) is 0 Å². The zero-order valence-electron chi connectivity index (χ0n) is 13.1. The first-order chi connectivity index (χ1) is 10.5. The minimum absolute atomic E-state index is 0.134. The Kier molecular flexibility index (Phi) is 3.70. The highest BCUT2D eigenvalue weighted by Crippen LogP contribution is 2.24. The highest BCUT2D eigenvalue weighted by Gasteiger charge is 2.16. The van der Waals surface area contributed by atoms with Crippen LogP contribution in [0.15, 0.2) is 18.2 Å². The Hall–Kier alpha value is -2.21. The lowest BCUT2D eigenvalue weighted by Gasteiger charge is -2.08. The molecule has 0 aliphatic carbocycles. The first-order valence-corrected chi connectivity index (χ1v) is 8.02. The van der Waals surface area contributed by atoms with Crippen LogP contribution in [0.2, 0.25) is 0 Å². The molecule has 3 rings (SSSR count). The van der Waals surface area contributed by atoms with Gasteiger partial charge in [-0.2, -0.15) is 5.10 Å². The van der Waals surface area contributed by atoms with Crippen LogP contribution in [-0.2, 0) is 13.5 Å². The third-order valence-corrected chi connectivity index (χ3v) is 4.64. The summed E-state index contributed by atoms with van der Waals surface area (Å²) in [4.78, 5) is 17.0. The Morgan fingerprint density at radius 2 is 2.14 bits per heavy atom. The van der Waals surface area contributed by atoms with Crippen LogP contribution in [0.4, 0.5) is 5.82 Å². The second-order valence-electron chi connectivity index (χ2n) is 5.26. The number of rotatable bonds is 3. The molecular formula is C16H18N4OS. The normalized spacial score (nSPS) is 11.1. The molecule has 0 aliphatic rings. The molecule has 0 atom stereocenters. The number of aryl methyl sites for hydroxylation is 3. The molecular weight excluding hydrogens is 296 g/mol. The van der Waals surface area contributed by atoms with Crippen LogP contribution in [0.25, 0.3) is 10.2 Å². The molecule has 0 saturated carbocycles. The van der Waals surface area contributed by atoms with E-state index >= 15 is 0 Å². The molecule has 0 aliphatic heterocycles. The van der Waals surface area contributed by atoms with E-state index in [4.69, 9.17) is 0 Å². The van der Waals surface area contributed by atoms with Gasteiger partial charge < -0.3 is 5.32 Å². The number of amides is 1. The largest absolute Gasteiger partial charge is 0.307 e. The molecule has 6 heteroatoms. The lowest BCUT2D eigenvalue weighted by atomic mass is 10.1. The third kappa shape index (κ3) is 2.50. The van der Waals surface area contributed by atoms with Gasteiger partial charge in [0.2, 0.25) is 0 Å². The molecule has 0 unspecified atom stereocenters. The van der Waals surface area contributed by atoms with E-state index in [-0.39, 0.29) is 5.91 Å². The molecule has 114 valence electrons. The Morgan fingerprint density at radius 3 is 2.86 bits per heavy atom. The highest BCUT2D eigenvalue weighted by atomic mass is 32.1. The van der Waals surface area contributed by atoms with Crippen LogP contribution in [0.1, 0.15) is 33.5 Å². The molecule has 0 fully saturated rings. The summed E-state index contributed by atoms with van der Waals surface area (Å²) in [6.07, 6.45) is 0.833. The quantitative estimate of drug-likeness (QED) is 0.805. The van der Waals surface area contributed by atoms with Crippen LogP contribution in [0.3, 0.4) is 0 Å². The second kappa shape index (κ2) is 5.53. The molecule has 22 heavy (non-hydrogen) atoms. The van der Waals surface area contributed by atoms with Gasteiger partial charge in [0.05, 0.1) is 20.9 Å². The molecule has 5 nitrogen and oxygen atoms in total. The van der Waals surface area contributed by atoms with Crippen molar-refractivity contribution in [2.75, 3.05) is 5.32 Å². The van der Waals surface area contributed by atoms with Crippen molar-refractivity contribution in [3.63, 3.8) is 0 Å². The number of carbonyl (C=O) groups excluding carboxylic acids is 1. The first kappa shape index (κ1) is 14.7. The van der Waals surface area contributed by atoms with Crippen molar-refractivity contribution in [2.45, 2.75) is 27.2 Å². The standard InChI is InChI=1S/C16H18N4OS/c1-5-12-9(2)19-20(4)15(12)18-16(21)11-6-7-14-13(8-11)17-10(3)22-14/h6-8H,5H2,1-4H3,(H,18,21). The summed E-state index contributed by atoms with van der Waals surface area (Å²) in [6.45, 7) is 5.98. The predicted octanol–water partition coefficient (Wildman–Crippen LogP) is 3.46. The average molecular weight is 314 g/mol. The molecule has 0 bridgehead atoms. The lowest BCUT2D eigenvalue weighted by molar-refractivity contribution is 0.102. The fourth-order valence-electron chi connectivity index (χ4n) is 2.65. The van der Waals surface area contributed by atoms with Crippen molar-refractivity contribution in [2.24, 2.45) is 7.05 Å². The lowest BCUT2D eigenvalue weighted by Crippen LogP contribution is -2.15. The molecule has 2 heterocycles. The summed E-state index contributed by atoms with van der Waals surface area (Å²) >= 11 is 1.63. The van der Waals surface area contributed by atoms with Gasteiger partial charge in [0.15, 0.2) is 0 Å². The van der Waals surface area contributed by atoms with Crippen molar-refractivity contribution in [1.29, 1.82) is 0 Å². The van der Waals surface area contributed by atoms with Gasteiger partial charge in [-0.3, -0.25) is 9.48 Å². The molecule has 1 amide bonds. The maximum atomic E-state index is 12.5. The summed E-state index contributed by atoms with van der Waals surface area (Å²) < 4.78 is 2.82. The van der Waals surface area contributed by atoms with E-state index in [2.05, 4.69) is 22.3 Å². The van der Waals surface area contributed by atoms with Gasteiger partial charge in [-0.15, -0.1) is 11.3 Å². The summed E-state index contributed by atoms with van der Waals surface area (Å²) in [5.41, 5.74) is 3.50.